The summed E-state index contributed by atoms with van der Waals surface area (Å²) in [7, 11) is 0. The molecular formula is C10H15NO2. The molecule has 3 heteroatoms. The van der Waals surface area contributed by atoms with Crippen LogP contribution in [0, 0.1) is 6.92 Å². The number of aliphatic hydroxyl groups excluding tert-OH is 1. The molecule has 0 spiro atoms. The fourth-order valence-corrected chi connectivity index (χ4v) is 1.05. The van der Waals surface area contributed by atoms with Crippen molar-refractivity contribution in [3.63, 3.8) is 0 Å². The molecule has 3 N–H and O–H groups in total. The fraction of sp³-hybridized carbons (Fsp3) is 0.400. The van der Waals surface area contributed by atoms with E-state index in [0.717, 1.165) is 5.56 Å². The van der Waals surface area contributed by atoms with Gasteiger partial charge < -0.3 is 15.6 Å². The molecule has 1 aromatic carbocycles. The highest BCUT2D eigenvalue weighted by Crippen LogP contribution is 2.21. The summed E-state index contributed by atoms with van der Waals surface area (Å²) >= 11 is 0. The fourth-order valence-electron chi connectivity index (χ4n) is 1.05. The van der Waals surface area contributed by atoms with Crippen molar-refractivity contribution in [3.05, 3.63) is 23.8 Å². The largest absolute Gasteiger partial charge is 0.491 e. The lowest BCUT2D eigenvalue weighted by Crippen LogP contribution is -2.02. The molecule has 0 aliphatic heterocycles. The predicted octanol–water partition coefficient (Wildman–Crippen LogP) is 1.34. The lowest BCUT2D eigenvalue weighted by atomic mass is 10.2. The summed E-state index contributed by atoms with van der Waals surface area (Å²) in [6.45, 7) is 2.63. The number of anilines is 1. The maximum atomic E-state index is 8.55. The molecule has 0 radical (unpaired) electrons. The minimum absolute atomic E-state index is 0.145. The molecule has 13 heavy (non-hydrogen) atoms. The number of hydrogen-bond donors (Lipinski definition) is 2. The number of benzene rings is 1. The highest BCUT2D eigenvalue weighted by molar-refractivity contribution is 5.53. The first-order valence-electron chi connectivity index (χ1n) is 4.34. The number of nitrogens with two attached hydrogens (primary N) is 1. The van der Waals surface area contributed by atoms with Crippen LogP contribution in [0.1, 0.15) is 12.0 Å². The SMILES string of the molecule is Cc1ccc(OCCCO)c(N)c1. The second-order valence-electron chi connectivity index (χ2n) is 2.97. The van der Waals surface area contributed by atoms with Crippen molar-refractivity contribution in [3.8, 4) is 5.75 Å². The summed E-state index contributed by atoms with van der Waals surface area (Å²) in [5.41, 5.74) is 7.48. The van der Waals surface area contributed by atoms with Crippen LogP contribution in [0.15, 0.2) is 18.2 Å². The average molecular weight is 181 g/mol. The Balaban J connectivity index is 2.56. The highest BCUT2D eigenvalue weighted by atomic mass is 16.5. The van der Waals surface area contributed by atoms with E-state index in [2.05, 4.69) is 0 Å². The summed E-state index contributed by atoms with van der Waals surface area (Å²) < 4.78 is 5.35. The van der Waals surface area contributed by atoms with E-state index in [9.17, 15) is 0 Å². The summed E-state index contributed by atoms with van der Waals surface area (Å²) in [6, 6.07) is 5.67. The van der Waals surface area contributed by atoms with Crippen molar-refractivity contribution in [2.45, 2.75) is 13.3 Å². The molecule has 0 unspecified atom stereocenters. The van der Waals surface area contributed by atoms with E-state index in [-0.39, 0.29) is 6.61 Å². The summed E-state index contributed by atoms with van der Waals surface area (Å²) in [6.07, 6.45) is 0.632. The summed E-state index contributed by atoms with van der Waals surface area (Å²) in [5.74, 6) is 0.694. The van der Waals surface area contributed by atoms with Crippen LogP contribution < -0.4 is 10.5 Å². The van der Waals surface area contributed by atoms with Crippen molar-refractivity contribution < 1.29 is 9.84 Å². The third kappa shape index (κ3) is 2.95. The van der Waals surface area contributed by atoms with Gasteiger partial charge >= 0.3 is 0 Å². The van der Waals surface area contributed by atoms with Crippen LogP contribution in [0.2, 0.25) is 0 Å². The molecule has 72 valence electrons. The first kappa shape index (κ1) is 9.86. The van der Waals surface area contributed by atoms with Crippen LogP contribution >= 0.6 is 0 Å². The van der Waals surface area contributed by atoms with Crippen molar-refractivity contribution >= 4 is 5.69 Å². The molecule has 0 amide bonds. The topological polar surface area (TPSA) is 55.5 Å². The van der Waals surface area contributed by atoms with Crippen LogP contribution in [-0.2, 0) is 0 Å². The van der Waals surface area contributed by atoms with Crippen molar-refractivity contribution in [1.82, 2.24) is 0 Å². The Hall–Kier alpha value is -1.22. The van der Waals surface area contributed by atoms with Crippen LogP contribution in [0.5, 0.6) is 5.75 Å². The van der Waals surface area contributed by atoms with Gasteiger partial charge in [0.1, 0.15) is 5.75 Å². The van der Waals surface area contributed by atoms with E-state index in [1.807, 2.05) is 25.1 Å². The maximum absolute atomic E-state index is 8.55. The first-order chi connectivity index (χ1) is 6.24. The van der Waals surface area contributed by atoms with Crippen molar-refractivity contribution in [2.75, 3.05) is 18.9 Å². The van der Waals surface area contributed by atoms with E-state index in [0.29, 0.717) is 24.5 Å². The zero-order valence-corrected chi connectivity index (χ0v) is 7.79. The van der Waals surface area contributed by atoms with Gasteiger partial charge in [0.15, 0.2) is 0 Å². The van der Waals surface area contributed by atoms with Gasteiger partial charge in [-0.2, -0.15) is 0 Å². The molecule has 0 atom stereocenters. The van der Waals surface area contributed by atoms with Gasteiger partial charge in [-0.3, -0.25) is 0 Å². The Bertz CT molecular complexity index is 274. The second kappa shape index (κ2) is 4.72. The number of hydrogen-bond acceptors (Lipinski definition) is 3. The van der Waals surface area contributed by atoms with Gasteiger partial charge in [0.2, 0.25) is 0 Å². The quantitative estimate of drug-likeness (QED) is 0.544. The number of ether oxygens (including phenoxy) is 1. The lowest BCUT2D eigenvalue weighted by molar-refractivity contribution is 0.234. The minimum atomic E-state index is 0.145. The molecule has 0 aromatic heterocycles. The normalized spacial score (nSPS) is 10.0. The Morgan fingerprint density at radius 1 is 1.46 bits per heavy atom. The number of aryl methyl sites for hydroxylation is 1. The third-order valence-corrected chi connectivity index (χ3v) is 1.73. The molecule has 0 bridgehead atoms. The number of rotatable bonds is 4. The summed E-state index contributed by atoms with van der Waals surface area (Å²) in [5, 5.41) is 8.55. The smallest absolute Gasteiger partial charge is 0.142 e. The third-order valence-electron chi connectivity index (χ3n) is 1.73. The molecule has 0 fully saturated rings. The second-order valence-corrected chi connectivity index (χ2v) is 2.97. The van der Waals surface area contributed by atoms with Crippen LogP contribution in [0.3, 0.4) is 0 Å². The molecule has 3 nitrogen and oxygen atoms in total. The molecule has 0 saturated heterocycles. The maximum Gasteiger partial charge on any atom is 0.142 e. The van der Waals surface area contributed by atoms with Gasteiger partial charge in [-0.25, -0.2) is 0 Å². The van der Waals surface area contributed by atoms with E-state index in [4.69, 9.17) is 15.6 Å². The molecule has 0 heterocycles. The van der Waals surface area contributed by atoms with Crippen LogP contribution in [-0.4, -0.2) is 18.3 Å². The van der Waals surface area contributed by atoms with Gasteiger partial charge in [0.25, 0.3) is 0 Å². The van der Waals surface area contributed by atoms with Crippen LogP contribution in [0.25, 0.3) is 0 Å². The standard InChI is InChI=1S/C10H15NO2/c1-8-3-4-10(9(11)7-8)13-6-2-5-12/h3-4,7,12H,2,5-6,11H2,1H3. The van der Waals surface area contributed by atoms with Gasteiger partial charge in [0, 0.05) is 13.0 Å². The van der Waals surface area contributed by atoms with E-state index < -0.39 is 0 Å². The highest BCUT2D eigenvalue weighted by Gasteiger charge is 1.98. The molecule has 0 saturated carbocycles. The lowest BCUT2D eigenvalue weighted by Gasteiger charge is -2.08. The first-order valence-corrected chi connectivity index (χ1v) is 4.34. The zero-order chi connectivity index (χ0) is 9.68. The van der Waals surface area contributed by atoms with Crippen LogP contribution in [0.4, 0.5) is 5.69 Å². The Morgan fingerprint density at radius 3 is 2.85 bits per heavy atom. The monoisotopic (exact) mass is 181 g/mol. The molecule has 1 rings (SSSR count). The van der Waals surface area contributed by atoms with E-state index in [1.54, 1.807) is 0 Å². The minimum Gasteiger partial charge on any atom is -0.491 e. The Morgan fingerprint density at radius 2 is 2.23 bits per heavy atom. The molecule has 0 aliphatic rings. The molecule has 0 aliphatic carbocycles. The number of aliphatic hydroxyl groups is 1. The van der Waals surface area contributed by atoms with Gasteiger partial charge in [0.05, 0.1) is 12.3 Å². The van der Waals surface area contributed by atoms with E-state index >= 15 is 0 Å². The average Bonchev–Trinajstić information content (AvgIpc) is 2.09. The zero-order valence-electron chi connectivity index (χ0n) is 7.79. The molecule has 1 aromatic rings. The van der Waals surface area contributed by atoms with Crippen molar-refractivity contribution in [2.24, 2.45) is 0 Å². The summed E-state index contributed by atoms with van der Waals surface area (Å²) in [4.78, 5) is 0. The number of nitrogen functional groups attached to an aromatic ring is 1. The Labute approximate surface area is 78.1 Å². The predicted molar refractivity (Wildman–Crippen MR) is 52.8 cm³/mol. The van der Waals surface area contributed by atoms with Gasteiger partial charge in [-0.15, -0.1) is 0 Å². The van der Waals surface area contributed by atoms with E-state index in [1.165, 1.54) is 0 Å². The Kier molecular flexibility index (Phi) is 3.58. The molecular weight excluding hydrogens is 166 g/mol. The van der Waals surface area contributed by atoms with Gasteiger partial charge in [-0.05, 0) is 24.6 Å². The van der Waals surface area contributed by atoms with Crippen molar-refractivity contribution in [1.29, 1.82) is 0 Å². The van der Waals surface area contributed by atoms with Gasteiger partial charge in [-0.1, -0.05) is 6.07 Å².